The molecule has 21 heavy (non-hydrogen) atoms. The van der Waals surface area contributed by atoms with Gasteiger partial charge >= 0.3 is 0 Å². The summed E-state index contributed by atoms with van der Waals surface area (Å²) in [7, 11) is 0. The van der Waals surface area contributed by atoms with Gasteiger partial charge < -0.3 is 10.4 Å². The maximum Gasteiger partial charge on any atom is 0.227 e. The highest BCUT2D eigenvalue weighted by Gasteiger charge is 2.42. The topological polar surface area (TPSA) is 49.3 Å². The molecule has 0 heterocycles. The van der Waals surface area contributed by atoms with Crippen LogP contribution >= 0.6 is 0 Å². The molecule has 1 aromatic carbocycles. The highest BCUT2D eigenvalue weighted by atomic mass is 16.2. The lowest BCUT2D eigenvalue weighted by Crippen LogP contribution is -2.27. The molecule has 0 aliphatic heterocycles. The van der Waals surface area contributed by atoms with E-state index in [-0.39, 0.29) is 18.4 Å². The monoisotopic (exact) mass is 283 g/mol. The van der Waals surface area contributed by atoms with Crippen LogP contribution in [0.25, 0.3) is 0 Å². The minimum atomic E-state index is -0.137. The Morgan fingerprint density at radius 1 is 1.38 bits per heavy atom. The van der Waals surface area contributed by atoms with Gasteiger partial charge in [-0.15, -0.1) is 0 Å². The van der Waals surface area contributed by atoms with Crippen LogP contribution in [-0.4, -0.2) is 17.6 Å². The molecule has 2 saturated carbocycles. The van der Waals surface area contributed by atoms with Gasteiger partial charge in [-0.3, -0.25) is 4.79 Å². The maximum atomic E-state index is 12.4. The van der Waals surface area contributed by atoms with Gasteiger partial charge in [-0.1, -0.05) is 18.3 Å². The minimum Gasteiger partial charge on any atom is -0.384 e. The Morgan fingerprint density at radius 2 is 2.24 bits per heavy atom. The van der Waals surface area contributed by atoms with Gasteiger partial charge in [0, 0.05) is 17.2 Å². The molecule has 1 aromatic rings. The Balaban J connectivity index is 1.67. The Hall–Kier alpha value is -1.79. The molecule has 3 unspecified atom stereocenters. The Labute approximate surface area is 125 Å². The maximum absolute atomic E-state index is 12.4. The molecule has 2 aliphatic carbocycles. The van der Waals surface area contributed by atoms with Crippen LogP contribution < -0.4 is 5.32 Å². The van der Waals surface area contributed by atoms with Crippen molar-refractivity contribution >= 4 is 11.6 Å². The third-order valence-electron chi connectivity index (χ3n) is 4.87. The van der Waals surface area contributed by atoms with Crippen LogP contribution in [0.2, 0.25) is 0 Å². The fourth-order valence-corrected chi connectivity index (χ4v) is 3.82. The predicted octanol–water partition coefficient (Wildman–Crippen LogP) is 2.71. The zero-order valence-corrected chi connectivity index (χ0v) is 12.4. The van der Waals surface area contributed by atoms with Crippen molar-refractivity contribution in [1.82, 2.24) is 0 Å². The molecule has 2 fully saturated rings. The van der Waals surface area contributed by atoms with Gasteiger partial charge in [-0.25, -0.2) is 0 Å². The summed E-state index contributed by atoms with van der Waals surface area (Å²) in [6, 6.07) is 5.74. The van der Waals surface area contributed by atoms with E-state index in [0.29, 0.717) is 5.92 Å². The number of anilines is 1. The van der Waals surface area contributed by atoms with Crippen LogP contribution in [0.1, 0.15) is 36.8 Å². The molecule has 3 rings (SSSR count). The van der Waals surface area contributed by atoms with Crippen molar-refractivity contribution in [2.24, 2.45) is 17.8 Å². The molecule has 3 nitrogen and oxygen atoms in total. The minimum absolute atomic E-state index is 0.137. The van der Waals surface area contributed by atoms with Crippen LogP contribution in [0, 0.1) is 36.5 Å². The summed E-state index contributed by atoms with van der Waals surface area (Å²) in [4.78, 5) is 12.4. The summed E-state index contributed by atoms with van der Waals surface area (Å²) in [5.41, 5.74) is 2.75. The van der Waals surface area contributed by atoms with E-state index in [1.165, 1.54) is 19.3 Å². The first kappa shape index (κ1) is 14.2. The van der Waals surface area contributed by atoms with E-state index in [4.69, 9.17) is 5.11 Å². The van der Waals surface area contributed by atoms with Crippen molar-refractivity contribution in [3.63, 3.8) is 0 Å². The van der Waals surface area contributed by atoms with Crippen LogP contribution in [0.15, 0.2) is 18.2 Å². The van der Waals surface area contributed by atoms with Crippen LogP contribution in [0.3, 0.4) is 0 Å². The highest BCUT2D eigenvalue weighted by molar-refractivity contribution is 5.93. The molecule has 2 aliphatic rings. The normalized spacial score (nSPS) is 26.3. The molecule has 110 valence electrons. The third-order valence-corrected chi connectivity index (χ3v) is 4.87. The molecular weight excluding hydrogens is 262 g/mol. The SMILES string of the molecule is Cc1cc(NC(=O)C2CC3CCC2C3)ccc1C#CCO. The van der Waals surface area contributed by atoms with Crippen LogP contribution in [-0.2, 0) is 4.79 Å². The predicted molar refractivity (Wildman–Crippen MR) is 82.7 cm³/mol. The van der Waals surface area contributed by atoms with Crippen LogP contribution in [0.4, 0.5) is 5.69 Å². The number of hydrogen-bond acceptors (Lipinski definition) is 2. The van der Waals surface area contributed by atoms with Crippen molar-refractivity contribution in [2.75, 3.05) is 11.9 Å². The van der Waals surface area contributed by atoms with Gasteiger partial charge in [0.25, 0.3) is 0 Å². The summed E-state index contributed by atoms with van der Waals surface area (Å²) in [5, 5.41) is 11.8. The van der Waals surface area contributed by atoms with Gasteiger partial charge in [-0.2, -0.15) is 0 Å². The number of hydrogen-bond donors (Lipinski definition) is 2. The third kappa shape index (κ3) is 2.96. The number of benzene rings is 1. The van der Waals surface area contributed by atoms with E-state index in [1.54, 1.807) is 0 Å². The van der Waals surface area contributed by atoms with Crippen molar-refractivity contribution in [3.05, 3.63) is 29.3 Å². The van der Waals surface area contributed by atoms with E-state index in [2.05, 4.69) is 17.2 Å². The number of amides is 1. The molecule has 2 bridgehead atoms. The van der Waals surface area contributed by atoms with Gasteiger partial charge in [-0.05, 0) is 61.8 Å². The summed E-state index contributed by atoms with van der Waals surface area (Å²) in [6.45, 7) is 1.83. The first-order chi connectivity index (χ1) is 10.2. The number of nitrogens with one attached hydrogen (secondary N) is 1. The Bertz CT molecular complexity index is 611. The Morgan fingerprint density at radius 3 is 2.86 bits per heavy atom. The fraction of sp³-hybridized carbons (Fsp3) is 0.500. The average molecular weight is 283 g/mol. The lowest BCUT2D eigenvalue weighted by Gasteiger charge is -2.21. The van der Waals surface area contributed by atoms with Crippen LogP contribution in [0.5, 0.6) is 0 Å². The highest BCUT2D eigenvalue weighted by Crippen LogP contribution is 2.48. The molecule has 2 N–H and O–H groups in total. The lowest BCUT2D eigenvalue weighted by molar-refractivity contribution is -0.121. The second-order valence-corrected chi connectivity index (χ2v) is 6.26. The van der Waals surface area contributed by atoms with Crippen molar-refractivity contribution < 1.29 is 9.90 Å². The molecule has 0 aromatic heterocycles. The number of fused-ring (bicyclic) bond motifs is 2. The quantitative estimate of drug-likeness (QED) is 0.820. The van der Waals surface area contributed by atoms with Crippen molar-refractivity contribution in [1.29, 1.82) is 0 Å². The van der Waals surface area contributed by atoms with Gasteiger partial charge in [0.05, 0.1) is 0 Å². The van der Waals surface area contributed by atoms with E-state index in [1.807, 2.05) is 25.1 Å². The number of rotatable bonds is 2. The molecule has 3 atom stereocenters. The first-order valence-corrected chi connectivity index (χ1v) is 7.68. The van der Waals surface area contributed by atoms with Gasteiger partial charge in [0.2, 0.25) is 5.91 Å². The number of carbonyl (C=O) groups is 1. The molecule has 0 spiro atoms. The number of carbonyl (C=O) groups excluding carboxylic acids is 1. The molecule has 0 radical (unpaired) electrons. The number of aliphatic hydroxyl groups is 1. The standard InChI is InChI=1S/C18H21NO2/c1-12-9-16(7-6-14(12)3-2-8-20)19-18(21)17-11-13-4-5-15(17)10-13/h6-7,9,13,15,17,20H,4-5,8,10-11H2,1H3,(H,19,21). The van der Waals surface area contributed by atoms with E-state index in [9.17, 15) is 4.79 Å². The largest absolute Gasteiger partial charge is 0.384 e. The number of aryl methyl sites for hydroxylation is 1. The first-order valence-electron chi connectivity index (χ1n) is 7.68. The van der Waals surface area contributed by atoms with E-state index >= 15 is 0 Å². The van der Waals surface area contributed by atoms with Gasteiger partial charge in [0.1, 0.15) is 6.61 Å². The fourth-order valence-electron chi connectivity index (χ4n) is 3.82. The van der Waals surface area contributed by atoms with Gasteiger partial charge in [0.15, 0.2) is 0 Å². The Kier molecular flexibility index (Phi) is 3.98. The number of aliphatic hydroxyl groups excluding tert-OH is 1. The van der Waals surface area contributed by atoms with E-state index in [0.717, 1.165) is 29.2 Å². The second kappa shape index (κ2) is 5.91. The molecule has 1 amide bonds. The second-order valence-electron chi connectivity index (χ2n) is 6.26. The summed E-state index contributed by atoms with van der Waals surface area (Å²) >= 11 is 0. The summed E-state index contributed by atoms with van der Waals surface area (Å²) < 4.78 is 0. The average Bonchev–Trinajstić information content (AvgIpc) is 3.09. The zero-order chi connectivity index (χ0) is 14.8. The molecule has 3 heteroatoms. The summed E-state index contributed by atoms with van der Waals surface area (Å²) in [5.74, 6) is 7.32. The van der Waals surface area contributed by atoms with Crippen molar-refractivity contribution in [3.8, 4) is 11.8 Å². The molecular formula is C18H21NO2. The van der Waals surface area contributed by atoms with Crippen molar-refractivity contribution in [2.45, 2.75) is 32.6 Å². The lowest BCUT2D eigenvalue weighted by atomic mass is 9.88. The zero-order valence-electron chi connectivity index (χ0n) is 12.4. The molecule has 0 saturated heterocycles. The van der Waals surface area contributed by atoms with E-state index < -0.39 is 0 Å². The smallest absolute Gasteiger partial charge is 0.227 e. The summed E-state index contributed by atoms with van der Waals surface area (Å²) in [6.07, 6.45) is 4.84.